The van der Waals surface area contributed by atoms with E-state index in [9.17, 15) is 10.2 Å². The summed E-state index contributed by atoms with van der Waals surface area (Å²) in [6.45, 7) is 2.32. The lowest BCUT2D eigenvalue weighted by Crippen LogP contribution is -2.46. The van der Waals surface area contributed by atoms with Crippen LogP contribution in [0.2, 0.25) is 0 Å². The van der Waals surface area contributed by atoms with Crippen molar-refractivity contribution in [2.75, 3.05) is 0 Å². The Balaban J connectivity index is 1.65. The number of allylic oxidation sites excluding steroid dienone is 2. The molecule has 2 fully saturated rings. The van der Waals surface area contributed by atoms with Gasteiger partial charge in [-0.15, -0.1) is 0 Å². The number of aliphatic hydroxyl groups excluding tert-OH is 2. The molecule has 7 atom stereocenters. The van der Waals surface area contributed by atoms with Crippen molar-refractivity contribution in [3.8, 4) is 0 Å². The first-order valence-electron chi connectivity index (χ1n) is 8.33. The summed E-state index contributed by atoms with van der Waals surface area (Å²) in [6.07, 6.45) is 13.0. The Labute approximate surface area is 121 Å². The molecule has 4 unspecified atom stereocenters. The van der Waals surface area contributed by atoms with Crippen LogP contribution in [0.4, 0.5) is 0 Å². The highest BCUT2D eigenvalue weighted by Gasteiger charge is 2.55. The van der Waals surface area contributed by atoms with E-state index in [1.165, 1.54) is 31.3 Å². The van der Waals surface area contributed by atoms with Crippen LogP contribution < -0.4 is 0 Å². The zero-order valence-electron chi connectivity index (χ0n) is 12.3. The van der Waals surface area contributed by atoms with E-state index in [1.54, 1.807) is 0 Å². The van der Waals surface area contributed by atoms with Crippen LogP contribution in [0.3, 0.4) is 0 Å². The molecule has 0 bridgehead atoms. The third kappa shape index (κ3) is 1.70. The maximum Gasteiger partial charge on any atom is 0.0758 e. The van der Waals surface area contributed by atoms with Crippen LogP contribution in [0, 0.1) is 29.1 Å². The smallest absolute Gasteiger partial charge is 0.0758 e. The molecule has 0 aromatic carbocycles. The van der Waals surface area contributed by atoms with E-state index in [0.717, 1.165) is 24.7 Å². The average Bonchev–Trinajstić information content (AvgIpc) is 2.74. The lowest BCUT2D eigenvalue weighted by molar-refractivity contribution is -0.0416. The molecule has 0 aromatic rings. The van der Waals surface area contributed by atoms with Crippen molar-refractivity contribution in [1.82, 2.24) is 0 Å². The van der Waals surface area contributed by atoms with Gasteiger partial charge in [-0.3, -0.25) is 0 Å². The Bertz CT molecular complexity index is 466. The van der Waals surface area contributed by atoms with Crippen LogP contribution in [0.25, 0.3) is 0 Å². The third-order valence-corrected chi connectivity index (χ3v) is 6.97. The van der Waals surface area contributed by atoms with Crippen molar-refractivity contribution in [1.29, 1.82) is 0 Å². The summed E-state index contributed by atoms with van der Waals surface area (Å²) in [4.78, 5) is 0. The molecule has 0 aliphatic heterocycles. The number of hydrogen-bond acceptors (Lipinski definition) is 2. The molecule has 0 radical (unpaired) electrons. The van der Waals surface area contributed by atoms with Gasteiger partial charge in [0.15, 0.2) is 0 Å². The van der Waals surface area contributed by atoms with E-state index in [2.05, 4.69) is 19.1 Å². The molecule has 20 heavy (non-hydrogen) atoms. The van der Waals surface area contributed by atoms with Gasteiger partial charge in [0.1, 0.15) is 0 Å². The lowest BCUT2D eigenvalue weighted by atomic mass is 9.53. The van der Waals surface area contributed by atoms with Gasteiger partial charge in [-0.2, -0.15) is 0 Å². The van der Waals surface area contributed by atoms with Crippen molar-refractivity contribution in [3.63, 3.8) is 0 Å². The predicted molar refractivity (Wildman–Crippen MR) is 79.0 cm³/mol. The van der Waals surface area contributed by atoms with Crippen molar-refractivity contribution in [3.05, 3.63) is 23.8 Å². The van der Waals surface area contributed by atoms with Gasteiger partial charge in [-0.25, -0.2) is 0 Å². The van der Waals surface area contributed by atoms with Gasteiger partial charge in [0.05, 0.1) is 12.2 Å². The first-order valence-corrected chi connectivity index (χ1v) is 8.33. The molecule has 0 spiro atoms. The Kier molecular flexibility index (Phi) is 2.91. The highest BCUT2D eigenvalue weighted by Crippen LogP contribution is 2.60. The molecule has 4 aliphatic carbocycles. The van der Waals surface area contributed by atoms with Gasteiger partial charge in [0.25, 0.3) is 0 Å². The van der Waals surface area contributed by atoms with Crippen molar-refractivity contribution < 1.29 is 10.2 Å². The molecule has 0 saturated heterocycles. The molecule has 4 aliphatic rings. The van der Waals surface area contributed by atoms with Gasteiger partial charge in [0, 0.05) is 5.92 Å². The maximum atomic E-state index is 10.4. The van der Waals surface area contributed by atoms with Crippen LogP contribution >= 0.6 is 0 Å². The monoisotopic (exact) mass is 274 g/mol. The Morgan fingerprint density at radius 2 is 1.95 bits per heavy atom. The number of fused-ring (bicyclic) bond motifs is 5. The standard InChI is InChI=1S/C18H26O2/c1-18-9-8-14-13-5-3-12(19)10-11(13)2-4-15(14)16(18)6-7-17(18)20/h2-3,5,12-17,19-20H,4,6-10H2,1H3/t12-,13?,14?,15?,16?,17+,18-/m0/s1. The molecule has 2 heteroatoms. The van der Waals surface area contributed by atoms with Crippen LogP contribution in [0.15, 0.2) is 23.8 Å². The van der Waals surface area contributed by atoms with Crippen molar-refractivity contribution in [2.24, 2.45) is 29.1 Å². The highest BCUT2D eigenvalue weighted by atomic mass is 16.3. The highest BCUT2D eigenvalue weighted by molar-refractivity contribution is 5.27. The van der Waals surface area contributed by atoms with Gasteiger partial charge < -0.3 is 10.2 Å². The minimum Gasteiger partial charge on any atom is -0.393 e. The quantitative estimate of drug-likeness (QED) is 0.667. The lowest BCUT2D eigenvalue weighted by Gasteiger charge is -2.52. The summed E-state index contributed by atoms with van der Waals surface area (Å²) < 4.78 is 0. The molecule has 4 rings (SSSR count). The second-order valence-corrected chi connectivity index (χ2v) is 7.77. The van der Waals surface area contributed by atoms with Crippen molar-refractivity contribution >= 4 is 0 Å². The fraction of sp³-hybridized carbons (Fsp3) is 0.778. The SMILES string of the molecule is C[C@]12CCC3C4C=C[C@H](O)CC4=CCC3C1CC[C@H]2O. The molecule has 0 amide bonds. The molecule has 2 nitrogen and oxygen atoms in total. The topological polar surface area (TPSA) is 40.5 Å². The van der Waals surface area contributed by atoms with Gasteiger partial charge in [-0.05, 0) is 61.7 Å². The summed E-state index contributed by atoms with van der Waals surface area (Å²) in [5.41, 5.74) is 1.65. The van der Waals surface area contributed by atoms with Gasteiger partial charge in [-0.1, -0.05) is 30.7 Å². The number of rotatable bonds is 0. The second-order valence-electron chi connectivity index (χ2n) is 7.77. The fourth-order valence-corrected chi connectivity index (χ4v) is 5.82. The summed E-state index contributed by atoms with van der Waals surface area (Å²) >= 11 is 0. The van der Waals surface area contributed by atoms with Crippen LogP contribution in [-0.2, 0) is 0 Å². The first kappa shape index (κ1) is 13.1. The Morgan fingerprint density at radius 3 is 2.80 bits per heavy atom. The average molecular weight is 274 g/mol. The minimum atomic E-state index is -0.267. The Hall–Kier alpha value is -0.600. The van der Waals surface area contributed by atoms with E-state index in [-0.39, 0.29) is 17.6 Å². The zero-order chi connectivity index (χ0) is 13.9. The summed E-state index contributed by atoms with van der Waals surface area (Å²) in [6, 6.07) is 0. The molecule has 0 heterocycles. The minimum absolute atomic E-state index is 0.0810. The van der Waals surface area contributed by atoms with Crippen LogP contribution in [0.5, 0.6) is 0 Å². The Morgan fingerprint density at radius 1 is 1.10 bits per heavy atom. The third-order valence-electron chi connectivity index (χ3n) is 6.97. The number of aliphatic hydroxyl groups is 2. The van der Waals surface area contributed by atoms with Gasteiger partial charge >= 0.3 is 0 Å². The summed E-state index contributed by atoms with van der Waals surface area (Å²) in [7, 11) is 0. The number of hydrogen-bond donors (Lipinski definition) is 2. The van der Waals surface area contributed by atoms with E-state index in [4.69, 9.17) is 0 Å². The predicted octanol–water partition coefficient (Wildman–Crippen LogP) is 3.06. The molecule has 2 saturated carbocycles. The van der Waals surface area contributed by atoms with Gasteiger partial charge in [0.2, 0.25) is 0 Å². The van der Waals surface area contributed by atoms with Crippen LogP contribution in [0.1, 0.15) is 45.4 Å². The van der Waals surface area contributed by atoms with E-state index in [0.29, 0.717) is 11.8 Å². The molecule has 2 N–H and O–H groups in total. The van der Waals surface area contributed by atoms with Crippen LogP contribution in [-0.4, -0.2) is 22.4 Å². The second kappa shape index (κ2) is 4.45. The normalized spacial score (nSPS) is 53.9. The van der Waals surface area contributed by atoms with E-state index < -0.39 is 0 Å². The zero-order valence-corrected chi connectivity index (χ0v) is 12.3. The molecular weight excluding hydrogens is 248 g/mol. The summed E-state index contributed by atoms with van der Waals surface area (Å²) in [5, 5.41) is 20.2. The van der Waals surface area contributed by atoms with E-state index >= 15 is 0 Å². The fourth-order valence-electron chi connectivity index (χ4n) is 5.82. The van der Waals surface area contributed by atoms with Crippen molar-refractivity contribution in [2.45, 2.75) is 57.7 Å². The molecular formula is C18H26O2. The molecule has 0 aromatic heterocycles. The maximum absolute atomic E-state index is 10.4. The first-order chi connectivity index (χ1) is 9.59. The molecule has 110 valence electrons. The summed E-state index contributed by atoms with van der Waals surface area (Å²) in [5.74, 6) is 2.77. The largest absolute Gasteiger partial charge is 0.393 e. The van der Waals surface area contributed by atoms with E-state index in [1.807, 2.05) is 6.08 Å².